The van der Waals surface area contributed by atoms with Crippen LogP contribution in [0.4, 0.5) is 5.95 Å². The van der Waals surface area contributed by atoms with E-state index >= 15 is 0 Å². The van der Waals surface area contributed by atoms with E-state index in [1.54, 1.807) is 0 Å². The Bertz CT molecular complexity index is 1090. The fourth-order valence-corrected chi connectivity index (χ4v) is 3.51. The highest BCUT2D eigenvalue weighted by Crippen LogP contribution is 2.40. The molecule has 152 valence electrons. The third-order valence-corrected chi connectivity index (χ3v) is 4.98. The Kier molecular flexibility index (Phi) is 4.52. The third kappa shape index (κ3) is 3.79. The molecule has 3 aromatic heterocycles. The molecule has 0 bridgehead atoms. The monoisotopic (exact) mass is 393 g/mol. The van der Waals surface area contributed by atoms with Gasteiger partial charge in [-0.05, 0) is 66.5 Å². The standard InChI is InChI=1S/C21H27N7O/c1-11-9-12(2)23-20(22-11)26-25-19(29)15-10-16(14-7-8-14)24-18-17(15)13(3)27-28(18)21(4,5)6/h9-10,14H,7-8H2,1-6H3,(H,25,29)(H,22,23,26). The maximum absolute atomic E-state index is 13.1. The minimum atomic E-state index is -0.251. The predicted octanol–water partition coefficient (Wildman–Crippen LogP) is 3.54. The second kappa shape index (κ2) is 6.79. The molecule has 2 N–H and O–H groups in total. The number of carbonyl (C=O) groups is 1. The number of nitrogens with one attached hydrogen (secondary N) is 2. The molecule has 0 unspecified atom stereocenters. The average Bonchev–Trinajstić information content (AvgIpc) is 3.41. The second-order valence-electron chi connectivity index (χ2n) is 8.79. The Morgan fingerprint density at radius 3 is 2.31 bits per heavy atom. The fourth-order valence-electron chi connectivity index (χ4n) is 3.51. The van der Waals surface area contributed by atoms with Gasteiger partial charge in [0.05, 0.1) is 22.2 Å². The lowest BCUT2D eigenvalue weighted by atomic mass is 10.1. The van der Waals surface area contributed by atoms with Gasteiger partial charge in [0.15, 0.2) is 5.65 Å². The summed E-state index contributed by atoms with van der Waals surface area (Å²) < 4.78 is 1.92. The number of aryl methyl sites for hydroxylation is 3. The van der Waals surface area contributed by atoms with Crippen molar-refractivity contribution >= 4 is 22.9 Å². The summed E-state index contributed by atoms with van der Waals surface area (Å²) in [5, 5.41) is 5.48. The van der Waals surface area contributed by atoms with Crippen LogP contribution in [0.1, 0.15) is 72.7 Å². The van der Waals surface area contributed by atoms with Crippen molar-refractivity contribution in [2.75, 3.05) is 5.43 Å². The van der Waals surface area contributed by atoms with Crippen LogP contribution < -0.4 is 10.9 Å². The number of aromatic nitrogens is 5. The summed E-state index contributed by atoms with van der Waals surface area (Å²) in [6.45, 7) is 12.0. The first-order valence-electron chi connectivity index (χ1n) is 9.93. The van der Waals surface area contributed by atoms with E-state index < -0.39 is 0 Å². The van der Waals surface area contributed by atoms with Crippen LogP contribution in [-0.4, -0.2) is 30.6 Å². The molecule has 0 aromatic carbocycles. The first-order chi connectivity index (χ1) is 13.6. The molecule has 3 heterocycles. The van der Waals surface area contributed by atoms with Crippen LogP contribution in [0.15, 0.2) is 12.1 Å². The van der Waals surface area contributed by atoms with Crippen LogP contribution in [0.2, 0.25) is 0 Å². The number of hydrogen-bond acceptors (Lipinski definition) is 6. The molecule has 3 aromatic rings. The van der Waals surface area contributed by atoms with E-state index in [0.717, 1.165) is 46.7 Å². The van der Waals surface area contributed by atoms with Crippen LogP contribution >= 0.6 is 0 Å². The number of rotatable bonds is 4. The Labute approximate surface area is 170 Å². The second-order valence-corrected chi connectivity index (χ2v) is 8.79. The molecule has 0 radical (unpaired) electrons. The van der Waals surface area contributed by atoms with E-state index in [1.165, 1.54) is 0 Å². The number of anilines is 1. The van der Waals surface area contributed by atoms with Gasteiger partial charge in [0.25, 0.3) is 5.91 Å². The van der Waals surface area contributed by atoms with Crippen LogP contribution in [-0.2, 0) is 5.54 Å². The Morgan fingerprint density at radius 1 is 1.07 bits per heavy atom. The molecule has 1 fully saturated rings. The number of pyridine rings is 1. The lowest BCUT2D eigenvalue weighted by Gasteiger charge is -2.20. The van der Waals surface area contributed by atoms with E-state index in [-0.39, 0.29) is 11.4 Å². The van der Waals surface area contributed by atoms with Crippen molar-refractivity contribution in [1.29, 1.82) is 0 Å². The number of hydrogen-bond donors (Lipinski definition) is 2. The maximum atomic E-state index is 13.1. The highest BCUT2D eigenvalue weighted by molar-refractivity contribution is 6.07. The molecule has 0 saturated heterocycles. The van der Waals surface area contributed by atoms with Gasteiger partial charge in [0, 0.05) is 23.0 Å². The number of nitrogens with zero attached hydrogens (tertiary/aromatic N) is 5. The Balaban J connectivity index is 1.73. The van der Waals surface area contributed by atoms with E-state index in [1.807, 2.05) is 37.6 Å². The summed E-state index contributed by atoms with van der Waals surface area (Å²) >= 11 is 0. The minimum absolute atomic E-state index is 0.236. The van der Waals surface area contributed by atoms with E-state index in [2.05, 4.69) is 41.6 Å². The molecule has 1 saturated carbocycles. The minimum Gasteiger partial charge on any atom is -0.267 e. The van der Waals surface area contributed by atoms with Gasteiger partial charge < -0.3 is 0 Å². The van der Waals surface area contributed by atoms with E-state index in [9.17, 15) is 4.79 Å². The molecule has 0 atom stereocenters. The summed E-state index contributed by atoms with van der Waals surface area (Å²) in [6, 6.07) is 3.78. The smallest absolute Gasteiger partial charge is 0.267 e. The third-order valence-electron chi connectivity index (χ3n) is 4.98. The van der Waals surface area contributed by atoms with Crippen molar-refractivity contribution < 1.29 is 4.79 Å². The average molecular weight is 393 g/mol. The zero-order valence-electron chi connectivity index (χ0n) is 17.8. The van der Waals surface area contributed by atoms with Gasteiger partial charge in [0.1, 0.15) is 0 Å². The van der Waals surface area contributed by atoms with Gasteiger partial charge in [-0.15, -0.1) is 0 Å². The maximum Gasteiger partial charge on any atom is 0.270 e. The molecule has 29 heavy (non-hydrogen) atoms. The molecule has 0 spiro atoms. The topological polar surface area (TPSA) is 97.6 Å². The molecule has 1 aliphatic carbocycles. The summed E-state index contributed by atoms with van der Waals surface area (Å²) in [6.07, 6.45) is 2.22. The van der Waals surface area contributed by atoms with Gasteiger partial charge >= 0.3 is 0 Å². The van der Waals surface area contributed by atoms with E-state index in [0.29, 0.717) is 17.4 Å². The van der Waals surface area contributed by atoms with Gasteiger partial charge in [-0.3, -0.25) is 15.6 Å². The summed E-state index contributed by atoms with van der Waals surface area (Å²) in [4.78, 5) is 26.6. The SMILES string of the molecule is Cc1cc(C)nc(NNC(=O)c2cc(C3CC3)nc3c2c(C)nn3C(C)(C)C)n1. The summed E-state index contributed by atoms with van der Waals surface area (Å²) in [7, 11) is 0. The van der Waals surface area contributed by atoms with Gasteiger partial charge in [-0.2, -0.15) is 5.10 Å². The van der Waals surface area contributed by atoms with E-state index in [4.69, 9.17) is 10.1 Å². The molecule has 8 nitrogen and oxygen atoms in total. The molecule has 4 rings (SSSR count). The number of fused-ring (bicyclic) bond motifs is 1. The zero-order chi connectivity index (χ0) is 20.9. The van der Waals surface area contributed by atoms with Crippen molar-refractivity contribution in [2.24, 2.45) is 0 Å². The van der Waals surface area contributed by atoms with Crippen LogP contribution in [0.25, 0.3) is 11.0 Å². The fraction of sp³-hybridized carbons (Fsp3) is 0.476. The summed E-state index contributed by atoms with van der Waals surface area (Å²) in [5.74, 6) is 0.537. The first kappa shape index (κ1) is 19.3. The quantitative estimate of drug-likeness (QED) is 0.658. The zero-order valence-corrected chi connectivity index (χ0v) is 17.8. The number of hydrazine groups is 1. The molecule has 8 heteroatoms. The summed E-state index contributed by atoms with van der Waals surface area (Å²) in [5.41, 5.74) is 10.1. The molecule has 1 amide bonds. The van der Waals surface area contributed by atoms with Crippen molar-refractivity contribution in [1.82, 2.24) is 30.2 Å². The Morgan fingerprint density at radius 2 is 1.72 bits per heavy atom. The molecular weight excluding hydrogens is 366 g/mol. The number of carbonyl (C=O) groups excluding carboxylic acids is 1. The van der Waals surface area contributed by atoms with Crippen molar-refractivity contribution in [3.8, 4) is 0 Å². The largest absolute Gasteiger partial charge is 0.270 e. The van der Waals surface area contributed by atoms with Crippen molar-refractivity contribution in [2.45, 2.75) is 65.8 Å². The lowest BCUT2D eigenvalue weighted by molar-refractivity contribution is 0.0963. The normalized spacial score (nSPS) is 14.3. The van der Waals surface area contributed by atoms with Crippen LogP contribution in [0, 0.1) is 20.8 Å². The number of amides is 1. The molecule has 1 aliphatic rings. The first-order valence-corrected chi connectivity index (χ1v) is 9.93. The van der Waals surface area contributed by atoms with Crippen LogP contribution in [0.5, 0.6) is 0 Å². The van der Waals surface area contributed by atoms with Gasteiger partial charge in [-0.25, -0.2) is 19.6 Å². The van der Waals surface area contributed by atoms with Crippen molar-refractivity contribution in [3.63, 3.8) is 0 Å². The van der Waals surface area contributed by atoms with Gasteiger partial charge in [-0.1, -0.05) is 0 Å². The highest BCUT2D eigenvalue weighted by atomic mass is 16.2. The molecule has 0 aliphatic heterocycles. The lowest BCUT2D eigenvalue weighted by Crippen LogP contribution is -2.31. The predicted molar refractivity (Wildman–Crippen MR) is 112 cm³/mol. The Hall–Kier alpha value is -3.03. The van der Waals surface area contributed by atoms with Crippen molar-refractivity contribution in [3.05, 3.63) is 40.5 Å². The molecular formula is C21H27N7O. The highest BCUT2D eigenvalue weighted by Gasteiger charge is 2.30. The van der Waals surface area contributed by atoms with Gasteiger partial charge in [0.2, 0.25) is 5.95 Å². The van der Waals surface area contributed by atoms with Crippen LogP contribution in [0.3, 0.4) is 0 Å².